The van der Waals surface area contributed by atoms with Crippen LogP contribution in [0.5, 0.6) is 0 Å². The molecule has 3 saturated heterocycles. The minimum Gasteiger partial charge on any atom is -0.340 e. The molecule has 0 spiro atoms. The zero-order valence-corrected chi connectivity index (χ0v) is 10.7. The van der Waals surface area contributed by atoms with Gasteiger partial charge in [-0.15, -0.1) is 0 Å². The number of fused-ring (bicyclic) bond motifs is 1. The molecule has 3 atom stereocenters. The van der Waals surface area contributed by atoms with Crippen molar-refractivity contribution in [3.63, 3.8) is 0 Å². The Morgan fingerprint density at radius 3 is 2.59 bits per heavy atom. The van der Waals surface area contributed by atoms with Crippen molar-refractivity contribution in [1.82, 2.24) is 15.5 Å². The maximum atomic E-state index is 12.7. The third kappa shape index (κ3) is 1.78. The SMILES string of the molecule is CCC1(C(=O)N2C[C@H]3CNC[C@H]3C2)CCCN1. The molecule has 0 saturated carbocycles. The molecule has 0 bridgehead atoms. The highest BCUT2D eigenvalue weighted by Gasteiger charge is 2.46. The van der Waals surface area contributed by atoms with Gasteiger partial charge in [0.1, 0.15) is 0 Å². The molecule has 3 fully saturated rings. The molecular formula is C13H23N3O. The van der Waals surface area contributed by atoms with E-state index < -0.39 is 0 Å². The van der Waals surface area contributed by atoms with Crippen LogP contribution in [0, 0.1) is 11.8 Å². The molecule has 3 aliphatic rings. The highest BCUT2D eigenvalue weighted by molar-refractivity contribution is 5.87. The van der Waals surface area contributed by atoms with Gasteiger partial charge in [0.25, 0.3) is 0 Å². The van der Waals surface area contributed by atoms with E-state index in [4.69, 9.17) is 0 Å². The molecule has 0 aliphatic carbocycles. The van der Waals surface area contributed by atoms with Crippen molar-refractivity contribution < 1.29 is 4.79 Å². The average molecular weight is 237 g/mol. The Hall–Kier alpha value is -0.610. The zero-order valence-electron chi connectivity index (χ0n) is 10.7. The number of amides is 1. The number of likely N-dealkylation sites (tertiary alicyclic amines) is 1. The Balaban J connectivity index is 1.70. The Morgan fingerprint density at radius 1 is 1.35 bits per heavy atom. The lowest BCUT2D eigenvalue weighted by Gasteiger charge is -2.32. The minimum absolute atomic E-state index is 0.230. The van der Waals surface area contributed by atoms with Crippen molar-refractivity contribution in [2.24, 2.45) is 11.8 Å². The lowest BCUT2D eigenvalue weighted by atomic mass is 9.92. The summed E-state index contributed by atoms with van der Waals surface area (Å²) < 4.78 is 0. The van der Waals surface area contributed by atoms with E-state index in [9.17, 15) is 4.79 Å². The van der Waals surface area contributed by atoms with E-state index in [0.29, 0.717) is 17.7 Å². The van der Waals surface area contributed by atoms with Crippen LogP contribution < -0.4 is 10.6 Å². The van der Waals surface area contributed by atoms with Crippen molar-refractivity contribution in [3.8, 4) is 0 Å². The van der Waals surface area contributed by atoms with Gasteiger partial charge in [-0.05, 0) is 37.6 Å². The Kier molecular flexibility index (Phi) is 2.87. The summed E-state index contributed by atoms with van der Waals surface area (Å²) in [5, 5.41) is 6.88. The number of carbonyl (C=O) groups excluding carboxylic acids is 1. The van der Waals surface area contributed by atoms with Crippen molar-refractivity contribution >= 4 is 5.91 Å². The summed E-state index contributed by atoms with van der Waals surface area (Å²) in [5.74, 6) is 1.77. The van der Waals surface area contributed by atoms with Crippen LogP contribution in [0.3, 0.4) is 0 Å². The molecule has 0 radical (unpaired) electrons. The molecule has 3 heterocycles. The first-order valence-corrected chi connectivity index (χ1v) is 7.00. The number of hydrogen-bond acceptors (Lipinski definition) is 3. The van der Waals surface area contributed by atoms with Crippen LogP contribution in [0.15, 0.2) is 0 Å². The third-order valence-electron chi connectivity index (χ3n) is 4.93. The van der Waals surface area contributed by atoms with Gasteiger partial charge in [0.2, 0.25) is 5.91 Å². The van der Waals surface area contributed by atoms with E-state index in [2.05, 4.69) is 22.5 Å². The quantitative estimate of drug-likeness (QED) is 0.721. The Bertz CT molecular complexity index is 300. The topological polar surface area (TPSA) is 44.4 Å². The summed E-state index contributed by atoms with van der Waals surface area (Å²) in [6, 6.07) is 0. The second-order valence-electron chi connectivity index (χ2n) is 5.85. The number of nitrogens with zero attached hydrogens (tertiary/aromatic N) is 1. The molecule has 1 amide bonds. The van der Waals surface area contributed by atoms with E-state index in [-0.39, 0.29) is 5.54 Å². The van der Waals surface area contributed by atoms with E-state index in [1.165, 1.54) is 0 Å². The van der Waals surface area contributed by atoms with E-state index in [0.717, 1.165) is 52.0 Å². The summed E-state index contributed by atoms with van der Waals surface area (Å²) in [4.78, 5) is 14.8. The molecule has 4 nitrogen and oxygen atoms in total. The van der Waals surface area contributed by atoms with Crippen LogP contribution in [0.4, 0.5) is 0 Å². The lowest BCUT2D eigenvalue weighted by molar-refractivity contribution is -0.137. The molecule has 0 aromatic heterocycles. The monoisotopic (exact) mass is 237 g/mol. The number of carbonyl (C=O) groups is 1. The fourth-order valence-electron chi connectivity index (χ4n) is 3.77. The lowest BCUT2D eigenvalue weighted by Crippen LogP contribution is -2.54. The molecule has 0 aromatic rings. The first-order valence-electron chi connectivity index (χ1n) is 7.00. The largest absolute Gasteiger partial charge is 0.340 e. The predicted octanol–water partition coefficient (Wildman–Crippen LogP) is 0.196. The van der Waals surface area contributed by atoms with Crippen LogP contribution in [0.1, 0.15) is 26.2 Å². The third-order valence-corrected chi connectivity index (χ3v) is 4.93. The number of rotatable bonds is 2. The fraction of sp³-hybridized carbons (Fsp3) is 0.923. The van der Waals surface area contributed by atoms with Crippen molar-refractivity contribution in [3.05, 3.63) is 0 Å². The molecule has 0 aromatic carbocycles. The highest BCUT2D eigenvalue weighted by Crippen LogP contribution is 2.31. The maximum Gasteiger partial charge on any atom is 0.242 e. The number of nitrogens with one attached hydrogen (secondary N) is 2. The molecule has 3 aliphatic heterocycles. The zero-order chi connectivity index (χ0) is 11.9. The van der Waals surface area contributed by atoms with Gasteiger partial charge in [0.15, 0.2) is 0 Å². The van der Waals surface area contributed by atoms with E-state index in [1.807, 2.05) is 0 Å². The molecular weight excluding hydrogens is 214 g/mol. The second-order valence-corrected chi connectivity index (χ2v) is 5.85. The van der Waals surface area contributed by atoms with Crippen LogP contribution in [0.2, 0.25) is 0 Å². The standard InChI is InChI=1S/C13H23N3O/c1-2-13(4-3-5-15-13)12(17)16-8-10-6-14-7-11(10)9-16/h10-11,14-15H,2-9H2,1H3/t10-,11+,13?. The average Bonchev–Trinajstić information content (AvgIpc) is 3.03. The maximum absolute atomic E-state index is 12.7. The highest BCUT2D eigenvalue weighted by atomic mass is 16.2. The van der Waals surface area contributed by atoms with Gasteiger partial charge >= 0.3 is 0 Å². The van der Waals surface area contributed by atoms with Crippen LogP contribution >= 0.6 is 0 Å². The second kappa shape index (κ2) is 4.25. The molecule has 96 valence electrons. The van der Waals surface area contributed by atoms with Gasteiger partial charge < -0.3 is 15.5 Å². The van der Waals surface area contributed by atoms with E-state index in [1.54, 1.807) is 0 Å². The van der Waals surface area contributed by atoms with Crippen molar-refractivity contribution in [2.75, 3.05) is 32.7 Å². The summed E-state index contributed by atoms with van der Waals surface area (Å²) in [6.07, 6.45) is 3.09. The van der Waals surface area contributed by atoms with Gasteiger partial charge in [0.05, 0.1) is 5.54 Å². The first kappa shape index (κ1) is 11.5. The van der Waals surface area contributed by atoms with Gasteiger partial charge in [0, 0.05) is 26.2 Å². The smallest absolute Gasteiger partial charge is 0.242 e. The molecule has 2 N–H and O–H groups in total. The molecule has 3 rings (SSSR count). The van der Waals surface area contributed by atoms with Crippen molar-refractivity contribution in [2.45, 2.75) is 31.7 Å². The summed E-state index contributed by atoms with van der Waals surface area (Å²) in [6.45, 7) is 7.28. The molecule has 4 heteroatoms. The van der Waals surface area contributed by atoms with Gasteiger partial charge in [-0.3, -0.25) is 4.79 Å². The predicted molar refractivity (Wildman–Crippen MR) is 66.7 cm³/mol. The normalized spacial score (nSPS) is 40.9. The van der Waals surface area contributed by atoms with Crippen LogP contribution in [-0.2, 0) is 4.79 Å². The summed E-state index contributed by atoms with van der Waals surface area (Å²) >= 11 is 0. The Labute approximate surface area is 103 Å². The van der Waals surface area contributed by atoms with Crippen molar-refractivity contribution in [1.29, 1.82) is 0 Å². The number of hydrogen-bond donors (Lipinski definition) is 2. The van der Waals surface area contributed by atoms with Gasteiger partial charge in [-0.1, -0.05) is 6.92 Å². The van der Waals surface area contributed by atoms with E-state index >= 15 is 0 Å². The first-order chi connectivity index (χ1) is 8.25. The van der Waals surface area contributed by atoms with Crippen LogP contribution in [-0.4, -0.2) is 49.1 Å². The summed E-state index contributed by atoms with van der Waals surface area (Å²) in [5.41, 5.74) is -0.230. The minimum atomic E-state index is -0.230. The Morgan fingerprint density at radius 2 is 2.06 bits per heavy atom. The molecule has 1 unspecified atom stereocenters. The van der Waals surface area contributed by atoms with Gasteiger partial charge in [-0.2, -0.15) is 0 Å². The van der Waals surface area contributed by atoms with Crippen LogP contribution in [0.25, 0.3) is 0 Å². The van der Waals surface area contributed by atoms with Gasteiger partial charge in [-0.25, -0.2) is 0 Å². The fourth-order valence-corrected chi connectivity index (χ4v) is 3.77. The summed E-state index contributed by atoms with van der Waals surface area (Å²) in [7, 11) is 0. The molecule has 17 heavy (non-hydrogen) atoms.